The van der Waals surface area contributed by atoms with Crippen LogP contribution in [0.4, 0.5) is 0 Å². The molecule has 0 radical (unpaired) electrons. The van der Waals surface area contributed by atoms with Gasteiger partial charge in [0.15, 0.2) is 0 Å². The van der Waals surface area contributed by atoms with Crippen LogP contribution in [-0.2, 0) is 4.79 Å². The van der Waals surface area contributed by atoms with Crippen molar-refractivity contribution in [2.45, 2.75) is 417 Å². The van der Waals surface area contributed by atoms with Gasteiger partial charge in [-0.2, -0.15) is 0 Å². The van der Waals surface area contributed by atoms with E-state index in [4.69, 9.17) is 0 Å². The summed E-state index contributed by atoms with van der Waals surface area (Å²) in [5.74, 6) is -0.584. The van der Waals surface area contributed by atoms with Gasteiger partial charge < -0.3 is 25.7 Å². The molecule has 0 rings (SSSR count). The molecule has 0 aliphatic rings. The molecule has 448 valence electrons. The van der Waals surface area contributed by atoms with Gasteiger partial charge in [-0.1, -0.05) is 366 Å². The van der Waals surface area contributed by atoms with E-state index in [0.717, 1.165) is 38.5 Å². The van der Waals surface area contributed by atoms with Crippen molar-refractivity contribution in [2.75, 3.05) is 6.61 Å². The highest BCUT2D eigenvalue weighted by molar-refractivity contribution is 5.80. The molecule has 0 bridgehead atoms. The quantitative estimate of drug-likeness (QED) is 0.0308. The Hall–Kier alpha value is -0.950. The summed E-state index contributed by atoms with van der Waals surface area (Å²) in [6.07, 6.45) is 79.2. The lowest BCUT2D eigenvalue weighted by atomic mass is 10.00. The van der Waals surface area contributed by atoms with Gasteiger partial charge in [0.2, 0.25) is 5.91 Å². The Balaban J connectivity index is 3.53. The van der Waals surface area contributed by atoms with Crippen LogP contribution < -0.4 is 5.32 Å². The number of rotatable bonds is 65. The van der Waals surface area contributed by atoms with Crippen molar-refractivity contribution in [3.05, 3.63) is 12.2 Å². The number of nitrogens with one attached hydrogen (secondary N) is 1. The monoisotopic (exact) mass is 1060 g/mol. The Morgan fingerprint density at radius 2 is 0.547 bits per heavy atom. The fourth-order valence-corrected chi connectivity index (χ4v) is 11.4. The van der Waals surface area contributed by atoms with Gasteiger partial charge in [-0.15, -0.1) is 0 Å². The fraction of sp³-hybridized carbons (Fsp3) is 0.957. The number of hydrogen-bond acceptors (Lipinski definition) is 5. The molecule has 5 N–H and O–H groups in total. The van der Waals surface area contributed by atoms with Crippen LogP contribution in [0.5, 0.6) is 0 Å². The average molecular weight is 1060 g/mol. The average Bonchev–Trinajstić information content (AvgIpc) is 3.42. The topological polar surface area (TPSA) is 110 Å². The van der Waals surface area contributed by atoms with Crippen molar-refractivity contribution in [1.29, 1.82) is 0 Å². The predicted octanol–water partition coefficient (Wildman–Crippen LogP) is 21.2. The lowest BCUT2D eigenvalue weighted by Gasteiger charge is -2.27. The lowest BCUT2D eigenvalue weighted by molar-refractivity contribution is -0.132. The van der Waals surface area contributed by atoms with Crippen LogP contribution in [0.1, 0.15) is 393 Å². The van der Waals surface area contributed by atoms with Gasteiger partial charge in [-0.05, 0) is 38.5 Å². The predicted molar refractivity (Wildman–Crippen MR) is 330 cm³/mol. The van der Waals surface area contributed by atoms with Crippen molar-refractivity contribution in [2.24, 2.45) is 0 Å². The van der Waals surface area contributed by atoms with Gasteiger partial charge in [0, 0.05) is 0 Å². The van der Waals surface area contributed by atoms with Crippen LogP contribution in [0, 0.1) is 0 Å². The van der Waals surface area contributed by atoms with Crippen LogP contribution in [0.15, 0.2) is 12.2 Å². The number of unbranched alkanes of at least 4 members (excludes halogenated alkanes) is 54. The molecule has 0 aliphatic heterocycles. The van der Waals surface area contributed by atoms with E-state index in [9.17, 15) is 25.2 Å². The van der Waals surface area contributed by atoms with Crippen LogP contribution in [0.3, 0.4) is 0 Å². The Bertz CT molecular complexity index is 1100. The van der Waals surface area contributed by atoms with Gasteiger partial charge in [0.25, 0.3) is 0 Å². The molecule has 0 aliphatic carbocycles. The van der Waals surface area contributed by atoms with Crippen molar-refractivity contribution >= 4 is 5.91 Å². The number of carbonyl (C=O) groups is 1. The summed E-state index contributed by atoms with van der Waals surface area (Å²) in [5.41, 5.74) is 0. The smallest absolute Gasteiger partial charge is 0.249 e. The van der Waals surface area contributed by atoms with Gasteiger partial charge >= 0.3 is 0 Å². The maximum absolute atomic E-state index is 12.7. The normalized spacial score (nSPS) is 13.5. The second-order valence-electron chi connectivity index (χ2n) is 24.2. The maximum Gasteiger partial charge on any atom is 0.249 e. The molecule has 0 aromatic heterocycles. The van der Waals surface area contributed by atoms with Crippen molar-refractivity contribution in [1.82, 2.24) is 5.32 Å². The highest BCUT2D eigenvalue weighted by Gasteiger charge is 2.28. The van der Waals surface area contributed by atoms with Crippen molar-refractivity contribution in [3.63, 3.8) is 0 Å². The van der Waals surface area contributed by atoms with E-state index in [1.54, 1.807) is 0 Å². The molecule has 0 spiro atoms. The molecule has 0 aromatic carbocycles. The maximum atomic E-state index is 12.7. The van der Waals surface area contributed by atoms with Crippen molar-refractivity contribution < 1.29 is 25.2 Å². The SMILES string of the molecule is CCCCCCCCCCCCCCCCCCCCCC/C=C/CCCC(O)C(O)C(CO)NC(=O)C(O)CCCCCCCCCCCCCCCCCCCCCCCCCCCCCCCCCCCC. The zero-order valence-corrected chi connectivity index (χ0v) is 51.1. The van der Waals surface area contributed by atoms with E-state index in [1.165, 1.54) is 327 Å². The summed E-state index contributed by atoms with van der Waals surface area (Å²) in [7, 11) is 0. The molecular weight excluding hydrogens is 923 g/mol. The zero-order chi connectivity index (χ0) is 54.4. The Kier molecular flexibility index (Phi) is 63.1. The number of allylic oxidation sites excluding steroid dienone is 2. The zero-order valence-electron chi connectivity index (χ0n) is 51.1. The molecule has 0 heterocycles. The molecule has 1 amide bonds. The first kappa shape index (κ1) is 74.0. The van der Waals surface area contributed by atoms with Crippen LogP contribution >= 0.6 is 0 Å². The minimum atomic E-state index is -1.28. The third-order valence-electron chi connectivity index (χ3n) is 16.7. The van der Waals surface area contributed by atoms with Crippen LogP contribution in [0.2, 0.25) is 0 Å². The van der Waals surface area contributed by atoms with E-state index in [2.05, 4.69) is 31.3 Å². The highest BCUT2D eigenvalue weighted by Crippen LogP contribution is 2.20. The molecule has 0 saturated carbocycles. The van der Waals surface area contributed by atoms with E-state index < -0.39 is 36.9 Å². The summed E-state index contributed by atoms with van der Waals surface area (Å²) in [5, 5.41) is 44.2. The Morgan fingerprint density at radius 3 is 0.800 bits per heavy atom. The van der Waals surface area contributed by atoms with Gasteiger partial charge in [0.1, 0.15) is 12.2 Å². The summed E-state index contributed by atoms with van der Waals surface area (Å²) >= 11 is 0. The Morgan fingerprint density at radius 1 is 0.320 bits per heavy atom. The third-order valence-corrected chi connectivity index (χ3v) is 16.7. The van der Waals surface area contributed by atoms with Crippen molar-refractivity contribution in [3.8, 4) is 0 Å². The van der Waals surface area contributed by atoms with Crippen LogP contribution in [0.25, 0.3) is 0 Å². The third kappa shape index (κ3) is 57.5. The highest BCUT2D eigenvalue weighted by atomic mass is 16.3. The number of carbonyl (C=O) groups excluding carboxylic acids is 1. The first-order valence-electron chi connectivity index (χ1n) is 34.6. The summed E-state index contributed by atoms with van der Waals surface area (Å²) in [6.45, 7) is 4.10. The lowest BCUT2D eigenvalue weighted by Crippen LogP contribution is -2.53. The minimum Gasteiger partial charge on any atom is -0.394 e. The molecule has 0 aromatic rings. The largest absolute Gasteiger partial charge is 0.394 e. The van der Waals surface area contributed by atoms with E-state index >= 15 is 0 Å². The first-order chi connectivity index (χ1) is 37.0. The molecule has 6 heteroatoms. The number of amides is 1. The van der Waals surface area contributed by atoms with Gasteiger partial charge in [-0.25, -0.2) is 0 Å². The molecule has 6 nitrogen and oxygen atoms in total. The molecule has 4 unspecified atom stereocenters. The Labute approximate surface area is 470 Å². The summed E-state index contributed by atoms with van der Waals surface area (Å²) in [4.78, 5) is 12.7. The molecule has 4 atom stereocenters. The van der Waals surface area contributed by atoms with Gasteiger partial charge in [-0.3, -0.25) is 4.79 Å². The van der Waals surface area contributed by atoms with E-state index in [0.29, 0.717) is 12.8 Å². The minimum absolute atomic E-state index is 0.369. The second kappa shape index (κ2) is 63.9. The molecule has 0 saturated heterocycles. The molecule has 0 fully saturated rings. The number of hydrogen-bond donors (Lipinski definition) is 5. The fourth-order valence-electron chi connectivity index (χ4n) is 11.4. The summed E-state index contributed by atoms with van der Waals surface area (Å²) in [6, 6.07) is -1.00. The summed E-state index contributed by atoms with van der Waals surface area (Å²) < 4.78 is 0. The molecular formula is C69H137NO5. The standard InChI is InChI=1S/C69H137NO5/c1-3-5-7-9-11-13-15-17-19-21-23-25-27-29-30-31-32-33-34-35-36-37-39-41-43-45-47-49-51-53-55-57-59-61-63-67(73)69(75)70-65(64-71)68(74)66(72)62-60-58-56-54-52-50-48-46-44-42-40-38-28-26-24-22-20-18-16-14-12-10-8-6-4-2/h54,56,65-68,71-74H,3-53,55,57-64H2,1-2H3,(H,70,75)/b56-54+. The van der Waals surface area contributed by atoms with Gasteiger partial charge in [0.05, 0.1) is 18.8 Å². The molecule has 75 heavy (non-hydrogen) atoms. The second-order valence-corrected chi connectivity index (χ2v) is 24.2. The van der Waals surface area contributed by atoms with E-state index in [-0.39, 0.29) is 0 Å². The number of aliphatic hydroxyl groups is 4. The van der Waals surface area contributed by atoms with Crippen LogP contribution in [-0.4, -0.2) is 57.3 Å². The number of aliphatic hydroxyl groups excluding tert-OH is 4. The van der Waals surface area contributed by atoms with E-state index in [1.807, 2.05) is 0 Å². The first-order valence-corrected chi connectivity index (χ1v) is 34.6.